The highest BCUT2D eigenvalue weighted by atomic mass is 32.2. The van der Waals surface area contributed by atoms with Crippen LogP contribution in [0, 0.1) is 0 Å². The predicted octanol–water partition coefficient (Wildman–Crippen LogP) is 3.14. The van der Waals surface area contributed by atoms with Gasteiger partial charge in [0.25, 0.3) is 0 Å². The Bertz CT molecular complexity index is 551. The normalized spacial score (nSPS) is 10.3. The van der Waals surface area contributed by atoms with E-state index >= 15 is 0 Å². The zero-order chi connectivity index (χ0) is 13.0. The van der Waals surface area contributed by atoms with Crippen LogP contribution >= 0.6 is 23.1 Å². The van der Waals surface area contributed by atoms with Gasteiger partial charge in [-0.25, -0.2) is 4.79 Å². The molecule has 1 heterocycles. The minimum atomic E-state index is -0.314. The number of carbonyl (C=O) groups excluding carboxylic acids is 1. The smallest absolute Gasteiger partial charge is 0.337 e. The molecule has 18 heavy (non-hydrogen) atoms. The van der Waals surface area contributed by atoms with Crippen molar-refractivity contribution in [2.45, 2.75) is 15.6 Å². The van der Waals surface area contributed by atoms with E-state index in [1.807, 2.05) is 30.3 Å². The third-order valence-corrected chi connectivity index (χ3v) is 4.54. The summed E-state index contributed by atoms with van der Waals surface area (Å²) < 4.78 is 5.87. The van der Waals surface area contributed by atoms with E-state index in [0.717, 1.165) is 14.0 Å². The summed E-state index contributed by atoms with van der Waals surface area (Å²) in [6.45, 7) is 0.563. The number of thiophene rings is 1. The number of methoxy groups -OCH3 is 1. The molecular formula is C13H13NO2S2. The zero-order valence-electron chi connectivity index (χ0n) is 9.88. The average Bonchev–Trinajstić information content (AvgIpc) is 2.86. The summed E-state index contributed by atoms with van der Waals surface area (Å²) in [5, 5.41) is 0. The van der Waals surface area contributed by atoms with E-state index in [1.54, 1.807) is 29.2 Å². The molecule has 0 aliphatic heterocycles. The quantitative estimate of drug-likeness (QED) is 0.874. The van der Waals surface area contributed by atoms with Gasteiger partial charge in [-0.2, -0.15) is 0 Å². The molecule has 0 spiro atoms. The number of rotatable bonds is 4. The molecule has 0 bridgehead atoms. The van der Waals surface area contributed by atoms with Crippen molar-refractivity contribution in [1.29, 1.82) is 0 Å². The minimum absolute atomic E-state index is 0.314. The molecule has 2 N–H and O–H groups in total. The lowest BCUT2D eigenvalue weighted by atomic mass is 10.2. The molecule has 0 amide bonds. The monoisotopic (exact) mass is 279 g/mol. The van der Waals surface area contributed by atoms with E-state index < -0.39 is 0 Å². The van der Waals surface area contributed by atoms with Crippen LogP contribution in [0.5, 0.6) is 0 Å². The van der Waals surface area contributed by atoms with E-state index in [0.29, 0.717) is 12.1 Å². The van der Waals surface area contributed by atoms with Gasteiger partial charge in [-0.15, -0.1) is 11.3 Å². The number of carbonyl (C=O) groups is 1. The molecule has 2 rings (SSSR count). The van der Waals surface area contributed by atoms with Gasteiger partial charge < -0.3 is 10.5 Å². The molecule has 1 aromatic heterocycles. The summed E-state index contributed by atoms with van der Waals surface area (Å²) in [5.74, 6) is -0.314. The standard InChI is InChI=1S/C13H13NO2S2/c1-16-13(15)9-3-2-4-10(7-9)17-12-6-5-11(8-14)18-12/h2-7H,8,14H2,1H3. The Balaban J connectivity index is 2.16. The highest BCUT2D eigenvalue weighted by Gasteiger charge is 2.07. The third-order valence-electron chi connectivity index (χ3n) is 2.31. The first-order valence-electron chi connectivity index (χ1n) is 5.38. The summed E-state index contributed by atoms with van der Waals surface area (Å²) >= 11 is 3.29. The van der Waals surface area contributed by atoms with Crippen molar-refractivity contribution in [3.8, 4) is 0 Å². The molecule has 0 saturated carbocycles. The zero-order valence-corrected chi connectivity index (χ0v) is 11.5. The number of esters is 1. The van der Waals surface area contributed by atoms with Gasteiger partial charge in [0.05, 0.1) is 16.9 Å². The molecule has 5 heteroatoms. The maximum absolute atomic E-state index is 11.4. The second-order valence-electron chi connectivity index (χ2n) is 3.55. The third kappa shape index (κ3) is 3.13. The Morgan fingerprint density at radius 3 is 2.89 bits per heavy atom. The Kier molecular flexibility index (Phi) is 4.41. The van der Waals surface area contributed by atoms with Crippen molar-refractivity contribution in [2.75, 3.05) is 7.11 Å². The Morgan fingerprint density at radius 1 is 1.39 bits per heavy atom. The lowest BCUT2D eigenvalue weighted by molar-refractivity contribution is 0.0600. The SMILES string of the molecule is COC(=O)c1cccc(Sc2ccc(CN)s2)c1. The highest BCUT2D eigenvalue weighted by molar-refractivity contribution is 8.01. The van der Waals surface area contributed by atoms with Gasteiger partial charge in [-0.05, 0) is 30.3 Å². The largest absolute Gasteiger partial charge is 0.465 e. The summed E-state index contributed by atoms with van der Waals surface area (Å²) in [4.78, 5) is 13.6. The van der Waals surface area contributed by atoms with E-state index in [1.165, 1.54) is 7.11 Å². The van der Waals surface area contributed by atoms with Crippen LogP contribution in [-0.4, -0.2) is 13.1 Å². The molecule has 0 unspecified atom stereocenters. The molecule has 0 fully saturated rings. The second-order valence-corrected chi connectivity index (χ2v) is 6.09. The number of nitrogens with two attached hydrogens (primary N) is 1. The van der Waals surface area contributed by atoms with Crippen molar-refractivity contribution in [3.05, 3.63) is 46.8 Å². The molecule has 0 radical (unpaired) electrons. The van der Waals surface area contributed by atoms with Gasteiger partial charge in [0.2, 0.25) is 0 Å². The van der Waals surface area contributed by atoms with Crippen LogP contribution in [0.1, 0.15) is 15.2 Å². The van der Waals surface area contributed by atoms with Gasteiger partial charge >= 0.3 is 5.97 Å². The second kappa shape index (κ2) is 6.04. The fourth-order valence-corrected chi connectivity index (χ4v) is 3.53. The van der Waals surface area contributed by atoms with E-state index in [-0.39, 0.29) is 5.97 Å². The summed E-state index contributed by atoms with van der Waals surface area (Å²) in [6.07, 6.45) is 0. The number of ether oxygens (including phenoxy) is 1. The van der Waals surface area contributed by atoms with Crippen LogP contribution in [0.25, 0.3) is 0 Å². The van der Waals surface area contributed by atoms with Gasteiger partial charge in [-0.1, -0.05) is 17.8 Å². The van der Waals surface area contributed by atoms with E-state index in [4.69, 9.17) is 10.5 Å². The molecule has 0 saturated heterocycles. The maximum Gasteiger partial charge on any atom is 0.337 e. The Morgan fingerprint density at radius 2 is 2.22 bits per heavy atom. The van der Waals surface area contributed by atoms with Crippen molar-refractivity contribution >= 4 is 29.1 Å². The molecule has 2 aromatic rings. The number of benzene rings is 1. The minimum Gasteiger partial charge on any atom is -0.465 e. The van der Waals surface area contributed by atoms with E-state index in [9.17, 15) is 4.79 Å². The van der Waals surface area contributed by atoms with Crippen LogP contribution in [0.15, 0.2) is 45.5 Å². The lowest BCUT2D eigenvalue weighted by Crippen LogP contribution is -2.00. The summed E-state index contributed by atoms with van der Waals surface area (Å²) in [6, 6.07) is 11.5. The fraction of sp³-hybridized carbons (Fsp3) is 0.154. The maximum atomic E-state index is 11.4. The van der Waals surface area contributed by atoms with Gasteiger partial charge in [0.15, 0.2) is 0 Å². The fourth-order valence-electron chi connectivity index (χ4n) is 1.44. The lowest BCUT2D eigenvalue weighted by Gasteiger charge is -2.02. The number of hydrogen-bond acceptors (Lipinski definition) is 5. The summed E-state index contributed by atoms with van der Waals surface area (Å²) in [7, 11) is 1.38. The molecule has 0 atom stereocenters. The summed E-state index contributed by atoms with van der Waals surface area (Å²) in [5.41, 5.74) is 6.15. The van der Waals surface area contributed by atoms with Crippen molar-refractivity contribution < 1.29 is 9.53 Å². The Labute approximate surface area is 114 Å². The topological polar surface area (TPSA) is 52.3 Å². The average molecular weight is 279 g/mol. The molecule has 0 aliphatic carbocycles. The predicted molar refractivity (Wildman–Crippen MR) is 74.1 cm³/mol. The first kappa shape index (κ1) is 13.1. The number of hydrogen-bond donors (Lipinski definition) is 1. The van der Waals surface area contributed by atoms with Crippen LogP contribution in [0.3, 0.4) is 0 Å². The van der Waals surface area contributed by atoms with E-state index in [2.05, 4.69) is 0 Å². The molecule has 94 valence electrons. The van der Waals surface area contributed by atoms with Crippen molar-refractivity contribution in [1.82, 2.24) is 0 Å². The molecule has 1 aromatic carbocycles. The highest BCUT2D eigenvalue weighted by Crippen LogP contribution is 2.33. The Hall–Kier alpha value is -1.30. The van der Waals surface area contributed by atoms with Crippen LogP contribution in [0.4, 0.5) is 0 Å². The first-order valence-corrected chi connectivity index (χ1v) is 7.01. The van der Waals surface area contributed by atoms with Crippen molar-refractivity contribution in [2.24, 2.45) is 5.73 Å². The van der Waals surface area contributed by atoms with Gasteiger partial charge in [-0.3, -0.25) is 0 Å². The molecule has 3 nitrogen and oxygen atoms in total. The first-order chi connectivity index (χ1) is 8.72. The van der Waals surface area contributed by atoms with Gasteiger partial charge in [0, 0.05) is 16.3 Å². The van der Waals surface area contributed by atoms with Crippen molar-refractivity contribution in [3.63, 3.8) is 0 Å². The van der Waals surface area contributed by atoms with Crippen LogP contribution in [0.2, 0.25) is 0 Å². The molecule has 0 aliphatic rings. The van der Waals surface area contributed by atoms with Crippen LogP contribution in [-0.2, 0) is 11.3 Å². The van der Waals surface area contributed by atoms with Gasteiger partial charge in [0.1, 0.15) is 0 Å². The van der Waals surface area contributed by atoms with Crippen LogP contribution < -0.4 is 5.73 Å². The molecular weight excluding hydrogens is 266 g/mol.